The Morgan fingerprint density at radius 3 is 2.88 bits per heavy atom. The second-order valence-electron chi connectivity index (χ2n) is 3.66. The molecule has 1 aromatic carbocycles. The Balaban J connectivity index is 2.62. The van der Waals surface area contributed by atoms with Crippen LogP contribution in [0.4, 0.5) is 0 Å². The summed E-state index contributed by atoms with van der Waals surface area (Å²) in [7, 11) is 1.91. The highest BCUT2D eigenvalue weighted by atomic mass is 32.2. The summed E-state index contributed by atoms with van der Waals surface area (Å²) in [6.45, 7) is 0. The molecule has 2 rings (SSSR count). The molecule has 0 bridgehead atoms. The second-order valence-corrected chi connectivity index (χ2v) is 4.51. The summed E-state index contributed by atoms with van der Waals surface area (Å²) in [4.78, 5) is 11.9. The minimum absolute atomic E-state index is 0.0685. The van der Waals surface area contributed by atoms with E-state index >= 15 is 0 Å². The predicted molar refractivity (Wildman–Crippen MR) is 66.0 cm³/mol. The number of rotatable bonds is 3. The molecule has 1 N–H and O–H groups in total. The number of aliphatic carboxylic acids is 1. The van der Waals surface area contributed by atoms with E-state index in [4.69, 9.17) is 5.11 Å². The number of aryl methyl sites for hydroxylation is 1. The molecule has 0 saturated carbocycles. The molecule has 0 fully saturated rings. The van der Waals surface area contributed by atoms with Crippen LogP contribution in [0.5, 0.6) is 0 Å². The lowest BCUT2D eigenvalue weighted by Gasteiger charge is -2.01. The zero-order valence-electron chi connectivity index (χ0n) is 9.23. The zero-order chi connectivity index (χ0) is 11.7. The Morgan fingerprint density at radius 1 is 1.50 bits per heavy atom. The fraction of sp³-hybridized carbons (Fsp3) is 0.250. The highest BCUT2D eigenvalue weighted by molar-refractivity contribution is 7.98. The van der Waals surface area contributed by atoms with E-state index in [1.165, 1.54) is 4.90 Å². The van der Waals surface area contributed by atoms with Crippen molar-refractivity contribution in [3.8, 4) is 0 Å². The van der Waals surface area contributed by atoms with Crippen LogP contribution in [-0.4, -0.2) is 21.9 Å². The highest BCUT2D eigenvalue weighted by Gasteiger charge is 2.10. The third-order valence-corrected chi connectivity index (χ3v) is 3.49. The van der Waals surface area contributed by atoms with Gasteiger partial charge in [0, 0.05) is 28.5 Å². The van der Waals surface area contributed by atoms with Gasteiger partial charge in [-0.15, -0.1) is 11.8 Å². The molecule has 0 radical (unpaired) electrons. The SMILES string of the molecule is CSc1cccc2c1cc(CC(=O)O)n2C. The van der Waals surface area contributed by atoms with Gasteiger partial charge >= 0.3 is 5.97 Å². The van der Waals surface area contributed by atoms with Crippen LogP contribution >= 0.6 is 11.8 Å². The molecule has 0 aliphatic heterocycles. The summed E-state index contributed by atoms with van der Waals surface area (Å²) < 4.78 is 1.95. The van der Waals surface area contributed by atoms with E-state index in [2.05, 4.69) is 6.07 Å². The molecule has 2 aromatic rings. The highest BCUT2D eigenvalue weighted by Crippen LogP contribution is 2.28. The third kappa shape index (κ3) is 1.80. The van der Waals surface area contributed by atoms with Crippen LogP contribution in [0.25, 0.3) is 10.9 Å². The fourth-order valence-corrected chi connectivity index (χ4v) is 2.49. The van der Waals surface area contributed by atoms with Crippen LogP contribution in [0.15, 0.2) is 29.2 Å². The normalized spacial score (nSPS) is 10.9. The average molecular weight is 235 g/mol. The van der Waals surface area contributed by atoms with Crippen LogP contribution in [-0.2, 0) is 18.3 Å². The molecule has 0 atom stereocenters. The summed E-state index contributed by atoms with van der Waals surface area (Å²) in [6, 6.07) is 8.03. The number of hydrogen-bond acceptors (Lipinski definition) is 2. The van der Waals surface area contributed by atoms with E-state index in [0.29, 0.717) is 0 Å². The molecular weight excluding hydrogens is 222 g/mol. The Morgan fingerprint density at radius 2 is 2.25 bits per heavy atom. The van der Waals surface area contributed by atoms with Gasteiger partial charge in [-0.05, 0) is 24.5 Å². The van der Waals surface area contributed by atoms with E-state index in [1.807, 2.05) is 36.1 Å². The molecule has 0 aliphatic rings. The number of carboxylic acid groups (broad SMARTS) is 1. The van der Waals surface area contributed by atoms with Crippen molar-refractivity contribution in [1.29, 1.82) is 0 Å². The van der Waals surface area contributed by atoms with E-state index in [9.17, 15) is 4.79 Å². The second kappa shape index (κ2) is 4.22. The first-order valence-electron chi connectivity index (χ1n) is 4.96. The van der Waals surface area contributed by atoms with Crippen LogP contribution in [0.1, 0.15) is 5.69 Å². The smallest absolute Gasteiger partial charge is 0.309 e. The lowest BCUT2D eigenvalue weighted by molar-refractivity contribution is -0.136. The lowest BCUT2D eigenvalue weighted by Crippen LogP contribution is -2.04. The largest absolute Gasteiger partial charge is 0.481 e. The van der Waals surface area contributed by atoms with Crippen molar-refractivity contribution >= 4 is 28.6 Å². The summed E-state index contributed by atoms with van der Waals surface area (Å²) in [5, 5.41) is 9.96. The number of nitrogens with zero attached hydrogens (tertiary/aromatic N) is 1. The van der Waals surface area contributed by atoms with Gasteiger partial charge in [0.25, 0.3) is 0 Å². The Bertz CT molecular complexity index is 545. The van der Waals surface area contributed by atoms with Gasteiger partial charge in [0.15, 0.2) is 0 Å². The quantitative estimate of drug-likeness (QED) is 0.831. The molecule has 0 spiro atoms. The summed E-state index contributed by atoms with van der Waals surface area (Å²) >= 11 is 1.68. The van der Waals surface area contributed by atoms with Gasteiger partial charge in [-0.2, -0.15) is 0 Å². The van der Waals surface area contributed by atoms with E-state index in [0.717, 1.165) is 16.6 Å². The average Bonchev–Trinajstić information content (AvgIpc) is 2.55. The van der Waals surface area contributed by atoms with Gasteiger partial charge in [0.05, 0.1) is 6.42 Å². The monoisotopic (exact) mass is 235 g/mol. The number of carboxylic acids is 1. The molecular formula is C12H13NO2S. The van der Waals surface area contributed by atoms with Gasteiger partial charge in [-0.25, -0.2) is 0 Å². The number of benzene rings is 1. The van der Waals surface area contributed by atoms with Crippen LogP contribution in [0.3, 0.4) is 0 Å². The minimum Gasteiger partial charge on any atom is -0.481 e. The van der Waals surface area contributed by atoms with Crippen LogP contribution < -0.4 is 0 Å². The van der Waals surface area contributed by atoms with E-state index in [-0.39, 0.29) is 6.42 Å². The topological polar surface area (TPSA) is 42.2 Å². The third-order valence-electron chi connectivity index (χ3n) is 2.70. The molecule has 0 unspecified atom stereocenters. The van der Waals surface area contributed by atoms with E-state index in [1.54, 1.807) is 11.8 Å². The van der Waals surface area contributed by atoms with Crippen molar-refractivity contribution in [2.45, 2.75) is 11.3 Å². The predicted octanol–water partition coefficient (Wildman–Crippen LogP) is 2.53. The molecule has 1 heterocycles. The van der Waals surface area contributed by atoms with Gasteiger partial charge in [-0.3, -0.25) is 4.79 Å². The van der Waals surface area contributed by atoms with Crippen molar-refractivity contribution in [2.75, 3.05) is 6.26 Å². The Labute approximate surface area is 98.1 Å². The Hall–Kier alpha value is -1.42. The first-order valence-corrected chi connectivity index (χ1v) is 6.19. The molecule has 1 aromatic heterocycles. The van der Waals surface area contributed by atoms with Gasteiger partial charge in [-0.1, -0.05) is 6.07 Å². The van der Waals surface area contributed by atoms with Crippen molar-refractivity contribution in [2.24, 2.45) is 7.05 Å². The summed E-state index contributed by atoms with van der Waals surface area (Å²) in [6.07, 6.45) is 2.09. The summed E-state index contributed by atoms with van der Waals surface area (Å²) in [5.74, 6) is -0.795. The zero-order valence-corrected chi connectivity index (χ0v) is 10.0. The summed E-state index contributed by atoms with van der Waals surface area (Å²) in [5.41, 5.74) is 1.92. The first-order chi connectivity index (χ1) is 7.63. The molecule has 3 nitrogen and oxygen atoms in total. The number of thioether (sulfide) groups is 1. The molecule has 0 aliphatic carbocycles. The maximum Gasteiger partial charge on any atom is 0.309 e. The van der Waals surface area contributed by atoms with Gasteiger partial charge in [0.1, 0.15) is 0 Å². The maximum absolute atomic E-state index is 10.7. The van der Waals surface area contributed by atoms with Crippen LogP contribution in [0.2, 0.25) is 0 Å². The lowest BCUT2D eigenvalue weighted by atomic mass is 10.2. The molecule has 4 heteroatoms. The van der Waals surface area contributed by atoms with E-state index < -0.39 is 5.97 Å². The van der Waals surface area contributed by atoms with Gasteiger partial charge in [0.2, 0.25) is 0 Å². The number of fused-ring (bicyclic) bond motifs is 1. The molecule has 84 valence electrons. The van der Waals surface area contributed by atoms with Crippen molar-refractivity contribution in [3.05, 3.63) is 30.0 Å². The van der Waals surface area contributed by atoms with Crippen molar-refractivity contribution in [1.82, 2.24) is 4.57 Å². The maximum atomic E-state index is 10.7. The minimum atomic E-state index is -0.795. The fourth-order valence-electron chi connectivity index (χ4n) is 1.89. The molecule has 0 amide bonds. The Kier molecular flexibility index (Phi) is 2.92. The number of hydrogen-bond donors (Lipinski definition) is 1. The molecule has 16 heavy (non-hydrogen) atoms. The van der Waals surface area contributed by atoms with Crippen molar-refractivity contribution < 1.29 is 9.90 Å². The number of carbonyl (C=O) groups is 1. The number of aromatic nitrogens is 1. The van der Waals surface area contributed by atoms with Crippen LogP contribution in [0, 0.1) is 0 Å². The van der Waals surface area contributed by atoms with Gasteiger partial charge < -0.3 is 9.67 Å². The standard InChI is InChI=1S/C12H13NO2S/c1-13-8(7-12(14)15)6-9-10(13)4-3-5-11(9)16-2/h3-6H,7H2,1-2H3,(H,14,15). The first kappa shape index (κ1) is 11.1. The van der Waals surface area contributed by atoms with Crippen molar-refractivity contribution in [3.63, 3.8) is 0 Å². The molecule has 0 saturated heterocycles.